The summed E-state index contributed by atoms with van der Waals surface area (Å²) in [4.78, 5) is 15.2. The maximum Gasteiger partial charge on any atom is 0.324 e. The fourth-order valence-corrected chi connectivity index (χ4v) is 3.66. The van der Waals surface area contributed by atoms with Crippen LogP contribution in [-0.2, 0) is 14.6 Å². The first-order valence-corrected chi connectivity index (χ1v) is 8.37. The molecule has 0 fully saturated rings. The van der Waals surface area contributed by atoms with Crippen LogP contribution in [0.4, 0.5) is 0 Å². The van der Waals surface area contributed by atoms with Crippen LogP contribution in [0.5, 0.6) is 5.75 Å². The average Bonchev–Trinajstić information content (AvgIpc) is 2.78. The summed E-state index contributed by atoms with van der Waals surface area (Å²) in [5, 5.41) is 9.19. The molecule has 7 nitrogen and oxygen atoms in total. The zero-order valence-electron chi connectivity index (χ0n) is 11.5. The molecule has 0 bridgehead atoms. The molecule has 0 aliphatic heterocycles. The molecule has 0 aliphatic carbocycles. The maximum absolute atomic E-state index is 12.7. The number of hydrogen-bond donors (Lipinski definition) is 1. The molecule has 21 heavy (non-hydrogen) atoms. The van der Waals surface area contributed by atoms with Crippen molar-refractivity contribution in [2.75, 3.05) is 7.11 Å². The van der Waals surface area contributed by atoms with Gasteiger partial charge in [-0.15, -0.1) is 0 Å². The average molecular weight is 424 g/mol. The number of imidazole rings is 1. The number of rotatable bonds is 4. The summed E-state index contributed by atoms with van der Waals surface area (Å²) in [5.41, 5.74) is 0.517. The van der Waals surface area contributed by atoms with Gasteiger partial charge in [-0.1, -0.05) is 0 Å². The Morgan fingerprint density at radius 3 is 2.62 bits per heavy atom. The Labute approximate surface area is 135 Å². The molecule has 2 heterocycles. The van der Waals surface area contributed by atoms with Crippen LogP contribution in [0.25, 0.3) is 5.65 Å². The molecule has 2 aromatic heterocycles. The number of carboxylic acids is 1. The molecule has 0 saturated heterocycles. The first kappa shape index (κ1) is 16.0. The van der Waals surface area contributed by atoms with E-state index in [4.69, 9.17) is 4.74 Å². The fourth-order valence-electron chi connectivity index (χ4n) is 1.71. The van der Waals surface area contributed by atoms with E-state index < -0.39 is 20.6 Å². The third kappa shape index (κ3) is 2.37. The molecule has 0 spiro atoms. The Morgan fingerprint density at radius 1 is 1.48 bits per heavy atom. The number of carbonyl (C=O) groups is 1. The first-order chi connectivity index (χ1) is 9.62. The van der Waals surface area contributed by atoms with Crippen molar-refractivity contribution >= 4 is 44.0 Å². The predicted molar refractivity (Wildman–Crippen MR) is 83.4 cm³/mol. The molecule has 2 aromatic rings. The highest BCUT2D eigenvalue weighted by Crippen LogP contribution is 2.33. The van der Waals surface area contributed by atoms with Crippen LogP contribution in [0.3, 0.4) is 0 Å². The minimum absolute atomic E-state index is 0.0684. The molecule has 0 unspecified atom stereocenters. The smallest absolute Gasteiger partial charge is 0.324 e. The van der Waals surface area contributed by atoms with Crippen LogP contribution >= 0.6 is 22.6 Å². The first-order valence-electron chi connectivity index (χ1n) is 5.81. The van der Waals surface area contributed by atoms with Crippen LogP contribution in [0, 0.1) is 3.70 Å². The lowest BCUT2D eigenvalue weighted by molar-refractivity contribution is -0.139. The van der Waals surface area contributed by atoms with Gasteiger partial charge in [-0.25, -0.2) is 13.4 Å². The van der Waals surface area contributed by atoms with Crippen molar-refractivity contribution in [1.29, 1.82) is 0 Å². The Kier molecular flexibility index (Phi) is 3.91. The number of aliphatic carboxylic acids is 1. The van der Waals surface area contributed by atoms with Crippen LogP contribution in [-0.4, -0.2) is 40.7 Å². The van der Waals surface area contributed by atoms with Crippen molar-refractivity contribution < 1.29 is 23.1 Å². The van der Waals surface area contributed by atoms with Crippen molar-refractivity contribution in [3.05, 3.63) is 22.2 Å². The molecule has 9 heteroatoms. The maximum atomic E-state index is 12.7. The molecule has 114 valence electrons. The lowest BCUT2D eigenvalue weighted by Gasteiger charge is -2.21. The molecule has 0 radical (unpaired) electrons. The van der Waals surface area contributed by atoms with E-state index in [0.717, 1.165) is 13.8 Å². The van der Waals surface area contributed by atoms with Crippen molar-refractivity contribution in [2.45, 2.75) is 23.5 Å². The Bertz CT molecular complexity index is 826. The fraction of sp³-hybridized carbons (Fsp3) is 0.333. The van der Waals surface area contributed by atoms with E-state index in [1.165, 1.54) is 19.4 Å². The van der Waals surface area contributed by atoms with E-state index in [0.29, 0.717) is 9.35 Å². The minimum Gasteiger partial charge on any atom is -0.495 e. The van der Waals surface area contributed by atoms with E-state index in [-0.39, 0.29) is 10.6 Å². The molecule has 0 aliphatic rings. The number of aromatic nitrogens is 2. The van der Waals surface area contributed by atoms with Gasteiger partial charge < -0.3 is 9.84 Å². The molecule has 1 N–H and O–H groups in total. The standard InChI is InChI=1S/C12H13IN2O5S/c1-12(2,11(16)17)21(18,19)8-6-15-9(13)5-14-10(15)4-7(8)20-3/h4-6H,1-3H3,(H,16,17). The summed E-state index contributed by atoms with van der Waals surface area (Å²) in [6.45, 7) is 2.29. The second-order valence-corrected chi connectivity index (χ2v) is 8.41. The quantitative estimate of drug-likeness (QED) is 0.749. The highest BCUT2D eigenvalue weighted by atomic mass is 127. The van der Waals surface area contributed by atoms with Gasteiger partial charge in [-0.05, 0) is 36.4 Å². The highest BCUT2D eigenvalue weighted by molar-refractivity contribution is 14.1. The Morgan fingerprint density at radius 2 is 2.10 bits per heavy atom. The molecule has 0 amide bonds. The zero-order valence-corrected chi connectivity index (χ0v) is 14.5. The third-order valence-electron chi connectivity index (χ3n) is 3.23. The number of methoxy groups -OCH3 is 1. The van der Waals surface area contributed by atoms with E-state index in [2.05, 4.69) is 4.98 Å². The molecule has 2 rings (SSSR count). The van der Waals surface area contributed by atoms with Crippen molar-refractivity contribution in [2.24, 2.45) is 0 Å². The van der Waals surface area contributed by atoms with E-state index in [1.807, 2.05) is 22.6 Å². The number of nitrogens with zero attached hydrogens (tertiary/aromatic N) is 2. The van der Waals surface area contributed by atoms with Gasteiger partial charge in [-0.3, -0.25) is 9.20 Å². The van der Waals surface area contributed by atoms with Gasteiger partial charge in [-0.2, -0.15) is 0 Å². The van der Waals surface area contributed by atoms with Crippen LogP contribution in [0.2, 0.25) is 0 Å². The van der Waals surface area contributed by atoms with Gasteiger partial charge >= 0.3 is 5.97 Å². The van der Waals surface area contributed by atoms with Crippen LogP contribution in [0.15, 0.2) is 23.4 Å². The van der Waals surface area contributed by atoms with Crippen LogP contribution in [0.1, 0.15) is 13.8 Å². The lowest BCUT2D eigenvalue weighted by Crippen LogP contribution is -2.40. The number of sulfone groups is 1. The second-order valence-electron chi connectivity index (χ2n) is 4.83. The molecular weight excluding hydrogens is 411 g/mol. The van der Waals surface area contributed by atoms with E-state index in [1.54, 1.807) is 10.6 Å². The normalized spacial score (nSPS) is 12.6. The highest BCUT2D eigenvalue weighted by Gasteiger charge is 2.44. The predicted octanol–water partition coefficient (Wildman–Crippen LogP) is 1.58. The van der Waals surface area contributed by atoms with Crippen molar-refractivity contribution in [1.82, 2.24) is 9.38 Å². The second kappa shape index (κ2) is 5.13. The Balaban J connectivity index is 2.81. The van der Waals surface area contributed by atoms with Crippen molar-refractivity contribution in [3.63, 3.8) is 0 Å². The largest absolute Gasteiger partial charge is 0.495 e. The number of halogens is 1. The summed E-state index contributed by atoms with van der Waals surface area (Å²) in [6, 6.07) is 1.47. The van der Waals surface area contributed by atoms with Gasteiger partial charge in [0.15, 0.2) is 14.6 Å². The number of carboxylic acid groups (broad SMARTS) is 1. The summed E-state index contributed by atoms with van der Waals surface area (Å²) in [7, 11) is -2.82. The summed E-state index contributed by atoms with van der Waals surface area (Å²) in [6.07, 6.45) is 2.91. The number of pyridine rings is 1. The molecule has 0 saturated carbocycles. The number of hydrogen-bond acceptors (Lipinski definition) is 5. The SMILES string of the molecule is COc1cc2ncc(I)n2cc1S(=O)(=O)C(C)(C)C(=O)O. The van der Waals surface area contributed by atoms with Gasteiger partial charge in [0.05, 0.1) is 13.3 Å². The van der Waals surface area contributed by atoms with Gasteiger partial charge in [0.1, 0.15) is 20.0 Å². The number of fused-ring (bicyclic) bond motifs is 1. The third-order valence-corrected chi connectivity index (χ3v) is 6.43. The van der Waals surface area contributed by atoms with Gasteiger partial charge in [0.2, 0.25) is 0 Å². The van der Waals surface area contributed by atoms with Crippen LogP contribution < -0.4 is 4.74 Å². The summed E-state index contributed by atoms with van der Waals surface area (Å²) < 4.78 is 30.7. The summed E-state index contributed by atoms with van der Waals surface area (Å²) >= 11 is 2.00. The van der Waals surface area contributed by atoms with Gasteiger partial charge in [0.25, 0.3) is 0 Å². The lowest BCUT2D eigenvalue weighted by atomic mass is 10.2. The molecule has 0 atom stereocenters. The topological polar surface area (TPSA) is 98.0 Å². The van der Waals surface area contributed by atoms with Gasteiger partial charge in [0, 0.05) is 12.3 Å². The monoisotopic (exact) mass is 424 g/mol. The minimum atomic E-state index is -4.14. The van der Waals surface area contributed by atoms with E-state index in [9.17, 15) is 18.3 Å². The zero-order chi connectivity index (χ0) is 16.0. The summed E-state index contributed by atoms with van der Waals surface area (Å²) in [5.74, 6) is -1.36. The molecular formula is C12H13IN2O5S. The van der Waals surface area contributed by atoms with E-state index >= 15 is 0 Å². The molecule has 0 aromatic carbocycles. The van der Waals surface area contributed by atoms with Crippen molar-refractivity contribution in [3.8, 4) is 5.75 Å². The Hall–Kier alpha value is -1.36. The number of ether oxygens (including phenoxy) is 1.